The highest BCUT2D eigenvalue weighted by molar-refractivity contribution is 7.13. The van der Waals surface area contributed by atoms with E-state index >= 15 is 0 Å². The van der Waals surface area contributed by atoms with Crippen LogP contribution in [0.4, 0.5) is 8.78 Å². The Kier molecular flexibility index (Phi) is 5.68. The Morgan fingerprint density at radius 1 is 1.28 bits per heavy atom. The molecule has 0 bridgehead atoms. The zero-order valence-electron chi connectivity index (χ0n) is 13.7. The van der Waals surface area contributed by atoms with E-state index in [2.05, 4.69) is 10.3 Å². The summed E-state index contributed by atoms with van der Waals surface area (Å²) in [6, 6.07) is 2.45. The molecule has 2 N–H and O–H groups in total. The van der Waals surface area contributed by atoms with Crippen molar-refractivity contribution in [3.8, 4) is 5.75 Å². The number of hydrogen-bond donors (Lipinski definition) is 2. The van der Waals surface area contributed by atoms with Gasteiger partial charge in [0.05, 0.1) is 11.7 Å². The Hall–Kier alpha value is -2.55. The molecule has 6 nitrogen and oxygen atoms in total. The minimum absolute atomic E-state index is 0.0208. The number of rotatable bonds is 6. The molecule has 0 fully saturated rings. The topological polar surface area (TPSA) is 88.5 Å². The molecule has 1 heterocycles. The highest BCUT2D eigenvalue weighted by Gasteiger charge is 2.22. The van der Waals surface area contributed by atoms with Crippen LogP contribution in [-0.2, 0) is 4.79 Å². The number of carboxylic acid groups (broad SMARTS) is 1. The van der Waals surface area contributed by atoms with Crippen molar-refractivity contribution in [1.29, 1.82) is 0 Å². The molecule has 2 atom stereocenters. The van der Waals surface area contributed by atoms with E-state index < -0.39 is 35.7 Å². The summed E-state index contributed by atoms with van der Waals surface area (Å²) in [6.07, 6.45) is -0.965. The molecule has 1 aromatic carbocycles. The number of aromatic carboxylic acids is 1. The average Bonchev–Trinajstić information content (AvgIpc) is 2.93. The lowest BCUT2D eigenvalue weighted by Gasteiger charge is -2.17. The summed E-state index contributed by atoms with van der Waals surface area (Å²) in [7, 11) is 0. The molecule has 134 valence electrons. The van der Waals surface area contributed by atoms with Gasteiger partial charge < -0.3 is 15.2 Å². The van der Waals surface area contributed by atoms with Gasteiger partial charge in [-0.15, -0.1) is 11.3 Å². The van der Waals surface area contributed by atoms with Gasteiger partial charge in [0.25, 0.3) is 5.91 Å². The third kappa shape index (κ3) is 4.50. The Balaban J connectivity index is 2.01. The van der Waals surface area contributed by atoms with Crippen LogP contribution in [-0.4, -0.2) is 28.1 Å². The van der Waals surface area contributed by atoms with Crippen LogP contribution in [0.2, 0.25) is 0 Å². The zero-order chi connectivity index (χ0) is 18.7. The predicted octanol–water partition coefficient (Wildman–Crippen LogP) is 3.07. The molecule has 9 heteroatoms. The molecule has 0 saturated carbocycles. The lowest BCUT2D eigenvalue weighted by molar-refractivity contribution is -0.127. The molecule has 25 heavy (non-hydrogen) atoms. The van der Waals surface area contributed by atoms with Crippen LogP contribution in [0.1, 0.15) is 40.3 Å². The Morgan fingerprint density at radius 2 is 1.96 bits per heavy atom. The molecule has 0 spiro atoms. The number of amides is 1. The number of carboxylic acids is 1. The highest BCUT2D eigenvalue weighted by atomic mass is 32.1. The molecule has 0 aliphatic heterocycles. The SMILES string of the molecule is Cc1nc(C(C)NC(=O)C(C)Oc2ccc(F)c(F)c2)sc1C(=O)O. The molecule has 1 aromatic heterocycles. The number of hydrogen-bond acceptors (Lipinski definition) is 5. The number of nitrogens with zero attached hydrogens (tertiary/aromatic N) is 1. The van der Waals surface area contributed by atoms with E-state index in [4.69, 9.17) is 9.84 Å². The Morgan fingerprint density at radius 3 is 2.52 bits per heavy atom. The smallest absolute Gasteiger partial charge is 0.347 e. The molecule has 2 unspecified atom stereocenters. The lowest BCUT2D eigenvalue weighted by atomic mass is 10.3. The van der Waals surface area contributed by atoms with Crippen LogP contribution >= 0.6 is 11.3 Å². The molecule has 0 aliphatic rings. The van der Waals surface area contributed by atoms with Gasteiger partial charge in [-0.1, -0.05) is 0 Å². The van der Waals surface area contributed by atoms with Crippen molar-refractivity contribution in [2.45, 2.75) is 32.9 Å². The van der Waals surface area contributed by atoms with E-state index in [1.807, 2.05) is 0 Å². The standard InChI is InChI=1S/C16H16F2N2O4S/c1-7-13(16(22)23)25-15(20-7)8(2)19-14(21)9(3)24-10-4-5-11(17)12(18)6-10/h4-6,8-9H,1-3H3,(H,19,21)(H,22,23). The van der Waals surface area contributed by atoms with Crippen molar-refractivity contribution in [1.82, 2.24) is 10.3 Å². The fourth-order valence-corrected chi connectivity index (χ4v) is 2.91. The number of carbonyl (C=O) groups is 2. The average molecular weight is 370 g/mol. The molecular formula is C16H16F2N2O4S. The van der Waals surface area contributed by atoms with Crippen LogP contribution in [0.25, 0.3) is 0 Å². The second-order valence-corrected chi connectivity index (χ2v) is 6.37. The first-order chi connectivity index (χ1) is 11.7. The Labute approximate surface area is 146 Å². The molecule has 0 saturated heterocycles. The quantitative estimate of drug-likeness (QED) is 0.816. The normalized spacial score (nSPS) is 13.2. The van der Waals surface area contributed by atoms with Gasteiger partial charge in [0, 0.05) is 6.07 Å². The van der Waals surface area contributed by atoms with Gasteiger partial charge in [-0.25, -0.2) is 18.6 Å². The van der Waals surface area contributed by atoms with Crippen molar-refractivity contribution in [3.05, 3.63) is 45.4 Å². The number of aryl methyl sites for hydroxylation is 1. The summed E-state index contributed by atoms with van der Waals surface area (Å²) in [6.45, 7) is 4.69. The molecule has 2 aromatic rings. The van der Waals surface area contributed by atoms with Gasteiger partial charge in [-0.2, -0.15) is 0 Å². The lowest BCUT2D eigenvalue weighted by Crippen LogP contribution is -2.37. The minimum Gasteiger partial charge on any atom is -0.481 e. The van der Waals surface area contributed by atoms with Gasteiger partial charge in [0.2, 0.25) is 0 Å². The van der Waals surface area contributed by atoms with Gasteiger partial charge >= 0.3 is 5.97 Å². The molecule has 1 amide bonds. The first-order valence-electron chi connectivity index (χ1n) is 7.31. The van der Waals surface area contributed by atoms with Gasteiger partial charge in [0.15, 0.2) is 17.7 Å². The predicted molar refractivity (Wildman–Crippen MR) is 86.8 cm³/mol. The fourth-order valence-electron chi connectivity index (χ4n) is 2.00. The number of benzene rings is 1. The summed E-state index contributed by atoms with van der Waals surface area (Å²) in [5, 5.41) is 12.1. The van der Waals surface area contributed by atoms with Gasteiger partial charge in [0.1, 0.15) is 15.6 Å². The monoisotopic (exact) mass is 370 g/mol. The first-order valence-corrected chi connectivity index (χ1v) is 8.13. The maximum Gasteiger partial charge on any atom is 0.347 e. The minimum atomic E-state index is -1.07. The number of ether oxygens (including phenoxy) is 1. The Bertz CT molecular complexity index is 809. The number of aromatic nitrogens is 1. The van der Waals surface area contributed by atoms with E-state index in [1.165, 1.54) is 13.0 Å². The number of nitrogens with one attached hydrogen (secondary N) is 1. The van der Waals surface area contributed by atoms with Crippen LogP contribution in [0, 0.1) is 18.6 Å². The van der Waals surface area contributed by atoms with Crippen molar-refractivity contribution in [2.24, 2.45) is 0 Å². The number of halogens is 2. The van der Waals surface area contributed by atoms with Crippen molar-refractivity contribution in [3.63, 3.8) is 0 Å². The summed E-state index contributed by atoms with van der Waals surface area (Å²) in [5.41, 5.74) is 0.375. The van der Waals surface area contributed by atoms with Crippen LogP contribution in [0.3, 0.4) is 0 Å². The second kappa shape index (κ2) is 7.56. The zero-order valence-corrected chi connectivity index (χ0v) is 14.5. The fraction of sp³-hybridized carbons (Fsp3) is 0.312. The molecule has 2 rings (SSSR count). The van der Waals surface area contributed by atoms with E-state index in [-0.39, 0.29) is 10.6 Å². The maximum absolute atomic E-state index is 13.2. The van der Waals surface area contributed by atoms with Crippen molar-refractivity contribution in [2.75, 3.05) is 0 Å². The molecular weight excluding hydrogens is 354 g/mol. The largest absolute Gasteiger partial charge is 0.481 e. The van der Waals surface area contributed by atoms with E-state index in [0.29, 0.717) is 10.7 Å². The third-order valence-electron chi connectivity index (χ3n) is 3.31. The highest BCUT2D eigenvalue weighted by Crippen LogP contribution is 2.24. The molecule has 0 aliphatic carbocycles. The second-order valence-electron chi connectivity index (χ2n) is 5.34. The van der Waals surface area contributed by atoms with Crippen LogP contribution in [0.15, 0.2) is 18.2 Å². The summed E-state index contributed by atoms with van der Waals surface area (Å²) < 4.78 is 31.3. The van der Waals surface area contributed by atoms with Crippen LogP contribution in [0.5, 0.6) is 5.75 Å². The van der Waals surface area contributed by atoms with Gasteiger partial charge in [-0.05, 0) is 32.9 Å². The van der Waals surface area contributed by atoms with Crippen molar-refractivity contribution >= 4 is 23.2 Å². The van der Waals surface area contributed by atoms with E-state index in [9.17, 15) is 18.4 Å². The summed E-state index contributed by atoms with van der Waals surface area (Å²) >= 11 is 0.979. The maximum atomic E-state index is 13.2. The first kappa shape index (κ1) is 18.8. The number of carbonyl (C=O) groups excluding carboxylic acids is 1. The third-order valence-corrected chi connectivity index (χ3v) is 4.64. The van der Waals surface area contributed by atoms with E-state index in [1.54, 1.807) is 13.8 Å². The van der Waals surface area contributed by atoms with Crippen molar-refractivity contribution < 1.29 is 28.2 Å². The van der Waals surface area contributed by atoms with E-state index in [0.717, 1.165) is 23.5 Å². The molecule has 0 radical (unpaired) electrons. The number of thiazole rings is 1. The van der Waals surface area contributed by atoms with Crippen LogP contribution < -0.4 is 10.1 Å². The van der Waals surface area contributed by atoms with Gasteiger partial charge in [-0.3, -0.25) is 4.79 Å². The summed E-state index contributed by atoms with van der Waals surface area (Å²) in [4.78, 5) is 27.5. The summed E-state index contributed by atoms with van der Waals surface area (Å²) in [5.74, 6) is -3.63.